The first-order chi connectivity index (χ1) is 33.2. The summed E-state index contributed by atoms with van der Waals surface area (Å²) >= 11 is 0. The largest absolute Gasteiger partial charge is 0.271 e. The maximum absolute atomic E-state index is 15.3. The normalized spacial score (nSPS) is 12.3. The summed E-state index contributed by atoms with van der Waals surface area (Å²) < 4.78 is 2.82. The van der Waals surface area contributed by atoms with Crippen molar-refractivity contribution in [1.82, 2.24) is 9.13 Å². The van der Waals surface area contributed by atoms with Crippen molar-refractivity contribution in [2.45, 2.75) is 168 Å². The second-order valence-electron chi connectivity index (χ2n) is 19.5. The smallest absolute Gasteiger partial charge is 0.261 e. The molecule has 0 spiro atoms. The summed E-state index contributed by atoms with van der Waals surface area (Å²) in [6, 6.07) is 15.2. The predicted octanol–water partition coefficient (Wildman–Crippen LogP) is 13.6. The third kappa shape index (κ3) is 6.98. The van der Waals surface area contributed by atoms with Gasteiger partial charge in [0.2, 0.25) is 0 Å². The lowest BCUT2D eigenvalue weighted by molar-refractivity contribution is 0.384. The van der Waals surface area contributed by atoms with E-state index in [1.807, 2.05) is 0 Å². The van der Waals surface area contributed by atoms with Crippen LogP contribution in [0.15, 0.2) is 43.4 Å². The van der Waals surface area contributed by atoms with Crippen molar-refractivity contribution in [3.05, 3.63) is 87.9 Å². The van der Waals surface area contributed by atoms with E-state index < -0.39 is 22.2 Å². The molecule has 0 amide bonds. The number of hydrogen-bond acceptors (Lipinski definition) is 8. The van der Waals surface area contributed by atoms with Crippen LogP contribution in [-0.2, 0) is 0 Å². The van der Waals surface area contributed by atoms with Gasteiger partial charge in [0.1, 0.15) is 24.3 Å². The molecule has 10 nitrogen and oxygen atoms in total. The number of benzene rings is 7. The van der Waals surface area contributed by atoms with E-state index >= 15 is 19.2 Å². The number of pyridine rings is 2. The van der Waals surface area contributed by atoms with Crippen LogP contribution in [0.25, 0.3) is 86.2 Å². The number of nitrogens with zero attached hydrogens (tertiary/aromatic N) is 6. The lowest BCUT2D eigenvalue weighted by atomic mass is 9.76. The zero-order valence-corrected chi connectivity index (χ0v) is 39.9. The van der Waals surface area contributed by atoms with E-state index in [2.05, 4.69) is 52.0 Å². The molecule has 0 saturated heterocycles. The molecule has 0 aliphatic carbocycles. The van der Waals surface area contributed by atoms with Crippen LogP contribution < -0.4 is 22.2 Å². The molecule has 0 fully saturated rings. The first-order valence-corrected chi connectivity index (χ1v) is 25.4. The Balaban J connectivity index is 1.47. The summed E-state index contributed by atoms with van der Waals surface area (Å²) in [6.07, 6.45) is 18.2. The van der Waals surface area contributed by atoms with Gasteiger partial charge in [0.15, 0.2) is 0 Å². The maximum atomic E-state index is 15.3. The van der Waals surface area contributed by atoms with Gasteiger partial charge in [-0.15, -0.1) is 0 Å². The van der Waals surface area contributed by atoms with Crippen LogP contribution >= 0.6 is 0 Å². The van der Waals surface area contributed by atoms with Crippen LogP contribution in [-0.4, -0.2) is 9.13 Å². The molecular weight excluding hydrogens is 845 g/mol. The van der Waals surface area contributed by atoms with Crippen LogP contribution in [0.3, 0.4) is 0 Å². The first-order valence-electron chi connectivity index (χ1n) is 25.4. The SMILES string of the molecule is CCCCCCC(CCCCCC)n1c(=O)c2cc3c(C#N)c(C#N)c4cc5c(=O)n(C(CCCCCC)CCCCCC)c(=O)c6cc7c(C#N)c(C#N)c8cc(c1=O)c2c1c3c4c(c56)c7c81. The van der Waals surface area contributed by atoms with Crippen LogP contribution in [0.2, 0.25) is 0 Å². The summed E-state index contributed by atoms with van der Waals surface area (Å²) in [7, 11) is 0. The molecule has 344 valence electrons. The van der Waals surface area contributed by atoms with Gasteiger partial charge in [-0.2, -0.15) is 21.0 Å². The predicted molar refractivity (Wildman–Crippen MR) is 275 cm³/mol. The van der Waals surface area contributed by atoms with Crippen LogP contribution in [0.5, 0.6) is 0 Å². The molecule has 2 aromatic heterocycles. The molecule has 0 aliphatic rings. The molecule has 0 radical (unpaired) electrons. The highest BCUT2D eigenvalue weighted by molar-refractivity contribution is 6.50. The molecule has 9 rings (SSSR count). The van der Waals surface area contributed by atoms with Gasteiger partial charge in [-0.25, -0.2) is 0 Å². The Morgan fingerprint density at radius 1 is 0.338 bits per heavy atom. The number of nitriles is 4. The number of unbranched alkanes of at least 4 members (excludes halogenated alkanes) is 12. The highest BCUT2D eigenvalue weighted by Crippen LogP contribution is 2.54. The fraction of sp³-hybridized carbons (Fsp3) is 0.448. The average Bonchev–Trinajstić information content (AvgIpc) is 3.35. The van der Waals surface area contributed by atoms with Crippen molar-refractivity contribution in [3.63, 3.8) is 0 Å². The third-order valence-corrected chi connectivity index (χ3v) is 15.4. The Labute approximate surface area is 395 Å². The Morgan fingerprint density at radius 2 is 0.574 bits per heavy atom. The van der Waals surface area contributed by atoms with E-state index in [1.54, 1.807) is 24.3 Å². The van der Waals surface area contributed by atoms with Gasteiger partial charge in [-0.1, -0.05) is 130 Å². The number of hydrogen-bond donors (Lipinski definition) is 0. The summed E-state index contributed by atoms with van der Waals surface area (Å²) in [5.41, 5.74) is -1.69. The zero-order chi connectivity index (χ0) is 48.0. The fourth-order valence-electron chi connectivity index (χ4n) is 12.2. The Kier molecular flexibility index (Phi) is 12.9. The first kappa shape index (κ1) is 46.2. The molecule has 10 heteroatoms. The highest BCUT2D eigenvalue weighted by atomic mass is 16.2. The van der Waals surface area contributed by atoms with E-state index in [1.165, 1.54) is 9.13 Å². The van der Waals surface area contributed by atoms with Gasteiger partial charge in [-0.05, 0) is 49.9 Å². The summed E-state index contributed by atoms with van der Waals surface area (Å²) in [4.78, 5) is 61.0. The van der Waals surface area contributed by atoms with Gasteiger partial charge in [0, 0.05) is 98.3 Å². The molecule has 2 heterocycles. The summed E-state index contributed by atoms with van der Waals surface area (Å²) in [6.45, 7) is 8.57. The molecule has 0 unspecified atom stereocenters. The molecule has 0 atom stereocenters. The van der Waals surface area contributed by atoms with Gasteiger partial charge in [-0.3, -0.25) is 28.3 Å². The molecule has 0 N–H and O–H groups in total. The second kappa shape index (κ2) is 19.0. The molecule has 7 aromatic carbocycles. The number of rotatable bonds is 22. The maximum Gasteiger partial charge on any atom is 0.261 e. The van der Waals surface area contributed by atoms with E-state index in [0.29, 0.717) is 90.3 Å². The molecule has 0 saturated carbocycles. The average molecular weight is 903 g/mol. The van der Waals surface area contributed by atoms with E-state index in [-0.39, 0.29) is 55.9 Å². The monoisotopic (exact) mass is 902 g/mol. The molecule has 0 aliphatic heterocycles. The zero-order valence-electron chi connectivity index (χ0n) is 39.9. The lowest BCUT2D eigenvalue weighted by Crippen LogP contribution is -2.37. The Hall–Kier alpha value is -6.88. The Bertz CT molecular complexity index is 3320. The second-order valence-corrected chi connectivity index (χ2v) is 19.5. The minimum absolute atomic E-state index is 0.0381. The lowest BCUT2D eigenvalue weighted by Gasteiger charge is -2.27. The quantitative estimate of drug-likeness (QED) is 0.0367. The summed E-state index contributed by atoms with van der Waals surface area (Å²) in [5, 5.41) is 50.6. The molecule has 68 heavy (non-hydrogen) atoms. The van der Waals surface area contributed by atoms with E-state index in [4.69, 9.17) is 0 Å². The van der Waals surface area contributed by atoms with Gasteiger partial charge in [0.05, 0.1) is 22.3 Å². The van der Waals surface area contributed by atoms with E-state index in [9.17, 15) is 21.0 Å². The van der Waals surface area contributed by atoms with Crippen molar-refractivity contribution in [2.24, 2.45) is 0 Å². The van der Waals surface area contributed by atoms with Crippen molar-refractivity contribution in [2.75, 3.05) is 0 Å². The van der Waals surface area contributed by atoms with E-state index in [0.717, 1.165) is 103 Å². The van der Waals surface area contributed by atoms with Crippen LogP contribution in [0.1, 0.15) is 190 Å². The molecule has 9 aromatic rings. The summed E-state index contributed by atoms with van der Waals surface area (Å²) in [5.74, 6) is 0. The van der Waals surface area contributed by atoms with Gasteiger partial charge < -0.3 is 0 Å². The fourth-order valence-corrected chi connectivity index (χ4v) is 12.2. The Morgan fingerprint density at radius 3 is 0.779 bits per heavy atom. The standard InChI is InChI=1S/C58H58N6O4/c1-5-9-13-17-21-33(22-18-14-10-6-2)63-55(65)39-25-35-43(29-59)45(31-61)37-27-41-48-42(58(68)64(57(41)67)34(23-19-15-11-7-3)24-20-16-12-8-4)28-38-46(32-62)44(30-60)36-26-40(56(63)66)47(39)53-49(35)51(37)54(48)52(38)50(36)53/h25-28,33-34H,5-24H2,1-4H3. The number of aromatic nitrogens is 2. The minimum atomic E-state index is -0.459. The van der Waals surface area contributed by atoms with Crippen molar-refractivity contribution >= 4 is 86.2 Å². The van der Waals surface area contributed by atoms with Crippen LogP contribution in [0.4, 0.5) is 0 Å². The van der Waals surface area contributed by atoms with Crippen LogP contribution in [0, 0.1) is 45.3 Å². The van der Waals surface area contributed by atoms with Gasteiger partial charge in [0.25, 0.3) is 22.2 Å². The highest BCUT2D eigenvalue weighted by Gasteiger charge is 2.34. The molecule has 0 bridgehead atoms. The molecular formula is C58H58N6O4. The van der Waals surface area contributed by atoms with Gasteiger partial charge >= 0.3 is 0 Å². The van der Waals surface area contributed by atoms with Crippen molar-refractivity contribution < 1.29 is 0 Å². The third-order valence-electron chi connectivity index (χ3n) is 15.4. The minimum Gasteiger partial charge on any atom is -0.271 e. The van der Waals surface area contributed by atoms with Crippen molar-refractivity contribution in [3.8, 4) is 24.3 Å². The topological polar surface area (TPSA) is 173 Å². The van der Waals surface area contributed by atoms with Crippen molar-refractivity contribution in [1.29, 1.82) is 21.0 Å².